The van der Waals surface area contributed by atoms with Crippen molar-refractivity contribution >= 4 is 11.9 Å². The van der Waals surface area contributed by atoms with Gasteiger partial charge in [0.25, 0.3) is 0 Å². The molecule has 0 aliphatic rings. The van der Waals surface area contributed by atoms with E-state index in [1.54, 1.807) is 13.8 Å². The smallest absolute Gasteiger partial charge is 0.308 e. The minimum Gasteiger partial charge on any atom is -0.481 e. The molecule has 0 saturated carbocycles. The zero-order valence-electron chi connectivity index (χ0n) is 7.91. The lowest BCUT2D eigenvalue weighted by molar-refractivity contribution is -0.143. The van der Waals surface area contributed by atoms with Crippen molar-refractivity contribution in [1.82, 2.24) is 5.32 Å². The molecule has 0 fully saturated rings. The summed E-state index contributed by atoms with van der Waals surface area (Å²) >= 11 is 0. The van der Waals surface area contributed by atoms with Crippen molar-refractivity contribution in [3.05, 3.63) is 12.7 Å². The van der Waals surface area contributed by atoms with E-state index in [2.05, 4.69) is 11.9 Å². The molecule has 4 heteroatoms. The van der Waals surface area contributed by atoms with Crippen LogP contribution in [-0.4, -0.2) is 23.5 Å². The fourth-order valence-corrected chi connectivity index (χ4v) is 0.891. The molecule has 0 aromatic heterocycles. The van der Waals surface area contributed by atoms with Gasteiger partial charge in [0.05, 0.1) is 5.92 Å². The number of carbonyl (C=O) groups excluding carboxylic acids is 1. The van der Waals surface area contributed by atoms with Crippen LogP contribution in [0.15, 0.2) is 12.7 Å². The summed E-state index contributed by atoms with van der Waals surface area (Å²) < 4.78 is 0. The summed E-state index contributed by atoms with van der Waals surface area (Å²) in [6.07, 6.45) is 1.12. The number of hydrogen-bond acceptors (Lipinski definition) is 2. The number of aliphatic carboxylic acids is 1. The van der Waals surface area contributed by atoms with Crippen molar-refractivity contribution in [3.8, 4) is 0 Å². The maximum atomic E-state index is 10.7. The van der Waals surface area contributed by atoms with Crippen molar-refractivity contribution in [2.45, 2.75) is 13.8 Å². The van der Waals surface area contributed by atoms with E-state index >= 15 is 0 Å². The van der Waals surface area contributed by atoms with Crippen LogP contribution in [0.25, 0.3) is 0 Å². The Morgan fingerprint density at radius 3 is 2.38 bits per heavy atom. The molecule has 0 aliphatic carbocycles. The topological polar surface area (TPSA) is 66.4 Å². The molecule has 0 radical (unpaired) electrons. The van der Waals surface area contributed by atoms with Crippen LogP contribution < -0.4 is 5.32 Å². The molecule has 0 aromatic carbocycles. The minimum atomic E-state index is -0.889. The first kappa shape index (κ1) is 11.7. The number of amides is 1. The fourth-order valence-electron chi connectivity index (χ4n) is 0.891. The first-order valence-electron chi connectivity index (χ1n) is 4.12. The summed E-state index contributed by atoms with van der Waals surface area (Å²) in [4.78, 5) is 21.4. The van der Waals surface area contributed by atoms with E-state index in [9.17, 15) is 9.59 Å². The standard InChI is InChI=1S/C9H15NO3/c1-4-8(11)10-5-7(6(2)3)9(12)13/h4,6-7H,1,5H2,2-3H3,(H,10,11)(H,12,13). The van der Waals surface area contributed by atoms with Crippen LogP contribution in [0.5, 0.6) is 0 Å². The van der Waals surface area contributed by atoms with Gasteiger partial charge in [-0.15, -0.1) is 0 Å². The van der Waals surface area contributed by atoms with Gasteiger partial charge < -0.3 is 10.4 Å². The van der Waals surface area contributed by atoms with E-state index in [1.165, 1.54) is 0 Å². The number of carboxylic acids is 1. The molecule has 0 rings (SSSR count). The second kappa shape index (κ2) is 5.35. The van der Waals surface area contributed by atoms with Crippen molar-refractivity contribution in [3.63, 3.8) is 0 Å². The summed E-state index contributed by atoms with van der Waals surface area (Å²) in [7, 11) is 0. The number of carbonyl (C=O) groups is 2. The first-order chi connectivity index (χ1) is 5.99. The van der Waals surface area contributed by atoms with Gasteiger partial charge in [-0.1, -0.05) is 20.4 Å². The van der Waals surface area contributed by atoms with Crippen LogP contribution in [0.2, 0.25) is 0 Å². The zero-order valence-corrected chi connectivity index (χ0v) is 7.91. The number of rotatable bonds is 5. The van der Waals surface area contributed by atoms with Gasteiger partial charge in [-0.25, -0.2) is 0 Å². The van der Waals surface area contributed by atoms with Gasteiger partial charge >= 0.3 is 5.97 Å². The van der Waals surface area contributed by atoms with Crippen LogP contribution in [-0.2, 0) is 9.59 Å². The van der Waals surface area contributed by atoms with Crippen LogP contribution in [0.4, 0.5) is 0 Å². The number of hydrogen-bond donors (Lipinski definition) is 2. The summed E-state index contributed by atoms with van der Waals surface area (Å²) in [5.74, 6) is -1.77. The van der Waals surface area contributed by atoms with E-state index in [0.717, 1.165) is 6.08 Å². The van der Waals surface area contributed by atoms with Crippen molar-refractivity contribution < 1.29 is 14.7 Å². The third-order valence-electron chi connectivity index (χ3n) is 1.80. The Balaban J connectivity index is 4.04. The lowest BCUT2D eigenvalue weighted by atomic mass is 9.96. The average Bonchev–Trinajstić information content (AvgIpc) is 2.03. The lowest BCUT2D eigenvalue weighted by Crippen LogP contribution is -2.34. The SMILES string of the molecule is C=CC(=O)NCC(C(=O)O)C(C)C. The molecule has 0 bridgehead atoms. The highest BCUT2D eigenvalue weighted by Crippen LogP contribution is 2.09. The van der Waals surface area contributed by atoms with E-state index in [1.807, 2.05) is 0 Å². The Morgan fingerprint density at radius 2 is 2.08 bits per heavy atom. The molecular weight excluding hydrogens is 170 g/mol. The molecule has 2 N–H and O–H groups in total. The highest BCUT2D eigenvalue weighted by atomic mass is 16.4. The summed E-state index contributed by atoms with van der Waals surface area (Å²) in [6, 6.07) is 0. The van der Waals surface area contributed by atoms with Crippen LogP contribution >= 0.6 is 0 Å². The number of carboxylic acid groups (broad SMARTS) is 1. The summed E-state index contributed by atoms with van der Waals surface area (Å²) in [6.45, 7) is 7.03. The van der Waals surface area contributed by atoms with Gasteiger partial charge in [0.2, 0.25) is 5.91 Å². The molecule has 74 valence electrons. The molecule has 0 aliphatic heterocycles. The second-order valence-electron chi connectivity index (χ2n) is 3.14. The van der Waals surface area contributed by atoms with E-state index < -0.39 is 11.9 Å². The van der Waals surface area contributed by atoms with E-state index in [4.69, 9.17) is 5.11 Å². The van der Waals surface area contributed by atoms with Crippen LogP contribution in [0.3, 0.4) is 0 Å². The average molecular weight is 185 g/mol. The quantitative estimate of drug-likeness (QED) is 0.618. The summed E-state index contributed by atoms with van der Waals surface area (Å²) in [5, 5.41) is 11.2. The predicted octanol–water partition coefficient (Wildman–Crippen LogP) is 0.645. The fraction of sp³-hybridized carbons (Fsp3) is 0.556. The van der Waals surface area contributed by atoms with Crippen LogP contribution in [0.1, 0.15) is 13.8 Å². The van der Waals surface area contributed by atoms with Crippen molar-refractivity contribution in [2.75, 3.05) is 6.54 Å². The monoisotopic (exact) mass is 185 g/mol. The number of nitrogens with one attached hydrogen (secondary N) is 1. The largest absolute Gasteiger partial charge is 0.481 e. The molecule has 0 spiro atoms. The Bertz CT molecular complexity index is 211. The van der Waals surface area contributed by atoms with Crippen molar-refractivity contribution in [2.24, 2.45) is 11.8 Å². The molecule has 0 aromatic rings. The molecule has 0 saturated heterocycles. The molecule has 1 atom stereocenters. The van der Waals surface area contributed by atoms with Crippen molar-refractivity contribution in [1.29, 1.82) is 0 Å². The third kappa shape index (κ3) is 4.30. The van der Waals surface area contributed by atoms with Gasteiger partial charge in [-0.3, -0.25) is 9.59 Å². The van der Waals surface area contributed by atoms with Gasteiger partial charge in [0.15, 0.2) is 0 Å². The zero-order chi connectivity index (χ0) is 10.4. The highest BCUT2D eigenvalue weighted by molar-refractivity contribution is 5.87. The Hall–Kier alpha value is -1.32. The molecule has 1 amide bonds. The van der Waals surface area contributed by atoms with E-state index in [-0.39, 0.29) is 18.4 Å². The normalized spacial score (nSPS) is 12.2. The molecule has 13 heavy (non-hydrogen) atoms. The summed E-state index contributed by atoms with van der Waals surface area (Å²) in [5.41, 5.74) is 0. The predicted molar refractivity (Wildman–Crippen MR) is 49.2 cm³/mol. The molecule has 0 heterocycles. The molecular formula is C9H15NO3. The maximum Gasteiger partial charge on any atom is 0.308 e. The van der Waals surface area contributed by atoms with Gasteiger partial charge in [-0.05, 0) is 12.0 Å². The van der Waals surface area contributed by atoms with Gasteiger partial charge in [0, 0.05) is 6.54 Å². The Morgan fingerprint density at radius 1 is 1.54 bits per heavy atom. The molecule has 1 unspecified atom stereocenters. The highest BCUT2D eigenvalue weighted by Gasteiger charge is 2.21. The Labute approximate surface area is 77.6 Å². The van der Waals surface area contributed by atoms with Crippen LogP contribution in [0, 0.1) is 11.8 Å². The third-order valence-corrected chi connectivity index (χ3v) is 1.80. The van der Waals surface area contributed by atoms with Gasteiger partial charge in [0.1, 0.15) is 0 Å². The minimum absolute atomic E-state index is 0.00242. The maximum absolute atomic E-state index is 10.7. The van der Waals surface area contributed by atoms with Gasteiger partial charge in [-0.2, -0.15) is 0 Å². The Kier molecular flexibility index (Phi) is 4.80. The first-order valence-corrected chi connectivity index (χ1v) is 4.12. The lowest BCUT2D eigenvalue weighted by Gasteiger charge is -2.15. The van der Waals surface area contributed by atoms with E-state index in [0.29, 0.717) is 0 Å². The second-order valence-corrected chi connectivity index (χ2v) is 3.14. The molecule has 4 nitrogen and oxygen atoms in total.